The second-order valence-corrected chi connectivity index (χ2v) is 10.9. The van der Waals surface area contributed by atoms with E-state index >= 15 is 0 Å². The van der Waals surface area contributed by atoms with Gasteiger partial charge in [0.15, 0.2) is 11.5 Å². The number of likely N-dealkylation sites (N-methyl/N-ethyl adjacent to an activating group) is 1. The molecule has 1 saturated heterocycles. The zero-order valence-electron chi connectivity index (χ0n) is 20.6. The Labute approximate surface area is 202 Å². The number of sulfonamides is 1. The Morgan fingerprint density at radius 2 is 1.82 bits per heavy atom. The number of anilines is 1. The van der Waals surface area contributed by atoms with Gasteiger partial charge in [-0.1, -0.05) is 19.1 Å². The minimum absolute atomic E-state index is 0.0242. The van der Waals surface area contributed by atoms with Crippen LogP contribution >= 0.6 is 0 Å². The summed E-state index contributed by atoms with van der Waals surface area (Å²) in [5.41, 5.74) is 2.15. The lowest BCUT2D eigenvalue weighted by atomic mass is 9.99. The minimum atomic E-state index is -3.88. The molecule has 0 aromatic heterocycles. The molecule has 0 bridgehead atoms. The first-order valence-corrected chi connectivity index (χ1v) is 12.9. The van der Waals surface area contributed by atoms with Crippen molar-refractivity contribution in [3.05, 3.63) is 48.0 Å². The molecule has 1 aliphatic heterocycles. The number of piperidine rings is 1. The van der Waals surface area contributed by atoms with Gasteiger partial charge in [0, 0.05) is 31.9 Å². The van der Waals surface area contributed by atoms with E-state index in [2.05, 4.69) is 29.3 Å². The van der Waals surface area contributed by atoms with Gasteiger partial charge in [-0.3, -0.25) is 4.79 Å². The van der Waals surface area contributed by atoms with Crippen LogP contribution in [0.3, 0.4) is 0 Å². The smallest absolute Gasteiger partial charge is 0.243 e. The highest BCUT2D eigenvalue weighted by molar-refractivity contribution is 7.89. The lowest BCUT2D eigenvalue weighted by Crippen LogP contribution is -2.39. The van der Waals surface area contributed by atoms with Gasteiger partial charge in [-0.2, -0.15) is 4.31 Å². The van der Waals surface area contributed by atoms with Crippen molar-refractivity contribution >= 4 is 21.6 Å². The highest BCUT2D eigenvalue weighted by atomic mass is 32.2. The van der Waals surface area contributed by atoms with Crippen molar-refractivity contribution in [1.29, 1.82) is 0 Å². The van der Waals surface area contributed by atoms with Crippen molar-refractivity contribution in [1.82, 2.24) is 9.62 Å². The lowest BCUT2D eigenvalue weighted by molar-refractivity contribution is -0.121. The molecule has 2 aromatic carbocycles. The maximum atomic E-state index is 12.9. The Kier molecular flexibility index (Phi) is 8.43. The molecule has 0 radical (unpaired) electrons. The first-order valence-electron chi connectivity index (χ1n) is 11.5. The average molecular weight is 490 g/mol. The Balaban J connectivity index is 1.61. The summed E-state index contributed by atoms with van der Waals surface area (Å²) in [7, 11) is 0.411. The zero-order valence-corrected chi connectivity index (χ0v) is 21.4. The van der Waals surface area contributed by atoms with Crippen molar-refractivity contribution in [2.45, 2.75) is 37.6 Å². The number of rotatable bonds is 9. The summed E-state index contributed by atoms with van der Waals surface area (Å²) in [6.07, 6.45) is 2.48. The highest BCUT2D eigenvalue weighted by Crippen LogP contribution is 2.30. The number of carbonyl (C=O) groups is 1. The summed E-state index contributed by atoms with van der Waals surface area (Å²) < 4.78 is 37.3. The third kappa shape index (κ3) is 6.01. The van der Waals surface area contributed by atoms with Gasteiger partial charge in [0.05, 0.1) is 31.7 Å². The van der Waals surface area contributed by atoms with Gasteiger partial charge in [0.1, 0.15) is 0 Å². The number of amides is 1. The molecule has 1 fully saturated rings. The Morgan fingerprint density at radius 3 is 2.44 bits per heavy atom. The number of methoxy groups -OCH3 is 2. The van der Waals surface area contributed by atoms with Crippen molar-refractivity contribution in [2.75, 3.05) is 45.8 Å². The predicted octanol–water partition coefficient (Wildman–Crippen LogP) is 3.44. The van der Waals surface area contributed by atoms with E-state index < -0.39 is 10.0 Å². The zero-order chi connectivity index (χ0) is 24.9. The second kappa shape index (κ2) is 11.1. The van der Waals surface area contributed by atoms with Crippen LogP contribution in [0.1, 0.15) is 38.3 Å². The summed E-state index contributed by atoms with van der Waals surface area (Å²) in [4.78, 5) is 15.0. The quantitative estimate of drug-likeness (QED) is 0.581. The number of benzene rings is 2. The largest absolute Gasteiger partial charge is 0.493 e. The third-order valence-electron chi connectivity index (χ3n) is 6.22. The van der Waals surface area contributed by atoms with E-state index in [-0.39, 0.29) is 23.4 Å². The van der Waals surface area contributed by atoms with Gasteiger partial charge in [-0.15, -0.1) is 0 Å². The van der Waals surface area contributed by atoms with E-state index in [9.17, 15) is 13.2 Å². The molecule has 1 heterocycles. The fourth-order valence-electron chi connectivity index (χ4n) is 4.21. The van der Waals surface area contributed by atoms with Crippen molar-refractivity contribution in [2.24, 2.45) is 5.92 Å². The predicted molar refractivity (Wildman–Crippen MR) is 133 cm³/mol. The summed E-state index contributed by atoms with van der Waals surface area (Å²) in [5, 5.41) is 2.89. The van der Waals surface area contributed by atoms with E-state index in [0.29, 0.717) is 17.4 Å². The topological polar surface area (TPSA) is 88.2 Å². The molecule has 1 aliphatic rings. The molecule has 3 rings (SSSR count). The normalized spacial score (nSPS) is 17.4. The van der Waals surface area contributed by atoms with Crippen LogP contribution in [0.15, 0.2) is 47.4 Å². The SMILES string of the molecule is COc1ccc(S(=O)(=O)N(C)CC(=O)N[C@H](C)c2ccc(N3CCC[C@@H](C)C3)cc2)cc1OC. The maximum absolute atomic E-state index is 12.9. The molecule has 1 N–H and O–H groups in total. The summed E-state index contributed by atoms with van der Waals surface area (Å²) >= 11 is 0. The first-order chi connectivity index (χ1) is 16.1. The van der Waals surface area contributed by atoms with Gasteiger partial charge in [0.2, 0.25) is 15.9 Å². The Morgan fingerprint density at radius 1 is 1.15 bits per heavy atom. The fraction of sp³-hybridized carbons (Fsp3) is 0.480. The maximum Gasteiger partial charge on any atom is 0.243 e. The van der Waals surface area contributed by atoms with Crippen molar-refractivity contribution < 1.29 is 22.7 Å². The summed E-state index contributed by atoms with van der Waals surface area (Å²) in [6, 6.07) is 12.3. The number of ether oxygens (including phenoxy) is 2. The molecule has 2 atom stereocenters. The van der Waals surface area contributed by atoms with E-state index in [1.807, 2.05) is 19.1 Å². The van der Waals surface area contributed by atoms with Crippen molar-refractivity contribution in [3.8, 4) is 11.5 Å². The minimum Gasteiger partial charge on any atom is -0.493 e. The van der Waals surface area contributed by atoms with E-state index in [4.69, 9.17) is 9.47 Å². The van der Waals surface area contributed by atoms with Crippen molar-refractivity contribution in [3.63, 3.8) is 0 Å². The number of nitrogens with one attached hydrogen (secondary N) is 1. The number of hydrogen-bond donors (Lipinski definition) is 1. The molecule has 8 nitrogen and oxygen atoms in total. The molecular formula is C25H35N3O5S. The molecule has 0 spiro atoms. The van der Waals surface area contributed by atoms with Crippen LogP contribution in [0.2, 0.25) is 0 Å². The molecule has 186 valence electrons. The summed E-state index contributed by atoms with van der Waals surface area (Å²) in [5.74, 6) is 1.04. The van der Waals surface area contributed by atoms with Crippen LogP contribution in [0.5, 0.6) is 11.5 Å². The molecule has 2 aromatic rings. The van der Waals surface area contributed by atoms with Gasteiger partial charge >= 0.3 is 0 Å². The number of carbonyl (C=O) groups excluding carboxylic acids is 1. The standard InChI is InChI=1S/C25H35N3O5S/c1-18-7-6-14-28(16-18)21-10-8-20(9-11-21)19(2)26-25(29)17-27(3)34(30,31)22-12-13-23(32-4)24(15-22)33-5/h8-13,15,18-19H,6-7,14,16-17H2,1-5H3,(H,26,29)/t18-,19-/m1/s1. The number of nitrogens with zero attached hydrogens (tertiary/aromatic N) is 2. The van der Waals surface area contributed by atoms with Gasteiger partial charge in [0.25, 0.3) is 0 Å². The van der Waals surface area contributed by atoms with Gasteiger partial charge in [-0.05, 0) is 55.5 Å². The van der Waals surface area contributed by atoms with E-state index in [0.717, 1.165) is 23.0 Å². The van der Waals surface area contributed by atoms with E-state index in [1.165, 1.54) is 58.0 Å². The Bertz CT molecular complexity index is 1090. The van der Waals surface area contributed by atoms with Crippen LogP contribution in [-0.2, 0) is 14.8 Å². The van der Waals surface area contributed by atoms with Gasteiger partial charge in [-0.25, -0.2) is 8.42 Å². The monoisotopic (exact) mass is 489 g/mol. The van der Waals surface area contributed by atoms with Crippen LogP contribution in [0.25, 0.3) is 0 Å². The lowest BCUT2D eigenvalue weighted by Gasteiger charge is -2.33. The highest BCUT2D eigenvalue weighted by Gasteiger charge is 2.25. The third-order valence-corrected chi connectivity index (χ3v) is 8.02. The molecule has 34 heavy (non-hydrogen) atoms. The van der Waals surface area contributed by atoms with Crippen LogP contribution < -0.4 is 19.7 Å². The summed E-state index contributed by atoms with van der Waals surface area (Å²) in [6.45, 7) is 5.99. The molecule has 0 aliphatic carbocycles. The Hall–Kier alpha value is -2.78. The molecule has 9 heteroatoms. The average Bonchev–Trinajstić information content (AvgIpc) is 2.83. The number of hydrogen-bond acceptors (Lipinski definition) is 6. The molecular weight excluding hydrogens is 454 g/mol. The molecule has 0 unspecified atom stereocenters. The van der Waals surface area contributed by atoms with E-state index in [1.54, 1.807) is 0 Å². The second-order valence-electron chi connectivity index (χ2n) is 8.85. The molecule has 1 amide bonds. The molecule has 0 saturated carbocycles. The van der Waals surface area contributed by atoms with Crippen LogP contribution in [-0.4, -0.2) is 59.5 Å². The van der Waals surface area contributed by atoms with Crippen LogP contribution in [0.4, 0.5) is 5.69 Å². The van der Waals surface area contributed by atoms with Gasteiger partial charge < -0.3 is 19.7 Å². The fourth-order valence-corrected chi connectivity index (χ4v) is 5.36. The van der Waals surface area contributed by atoms with Crippen LogP contribution in [0, 0.1) is 5.92 Å². The first kappa shape index (κ1) is 25.8.